The molecule has 0 spiro atoms. The van der Waals surface area contributed by atoms with Crippen molar-refractivity contribution in [2.45, 2.75) is 38.2 Å². The van der Waals surface area contributed by atoms with Gasteiger partial charge in [-0.15, -0.1) is 0 Å². The van der Waals surface area contributed by atoms with Crippen molar-refractivity contribution < 1.29 is 19.4 Å². The molecule has 2 rings (SSSR count). The van der Waals surface area contributed by atoms with E-state index < -0.39 is 5.97 Å². The monoisotopic (exact) mass is 267 g/mol. The highest BCUT2D eigenvalue weighted by Gasteiger charge is 2.28. The summed E-state index contributed by atoms with van der Waals surface area (Å²) in [7, 11) is 0. The number of carbonyl (C=O) groups excluding carboxylic acids is 1. The number of ether oxygens (including phenoxy) is 1. The maximum Gasteiger partial charge on any atom is 0.303 e. The van der Waals surface area contributed by atoms with Crippen molar-refractivity contribution in [2.24, 2.45) is 11.8 Å². The summed E-state index contributed by atoms with van der Waals surface area (Å²) in [6.07, 6.45) is 7.89. The molecule has 2 N–H and O–H groups in total. The van der Waals surface area contributed by atoms with E-state index in [0.717, 1.165) is 19.3 Å². The highest BCUT2D eigenvalue weighted by molar-refractivity contribution is 5.80. The molecular weight excluding hydrogens is 246 g/mol. The Bertz CT molecular complexity index is 366. The molecule has 0 radical (unpaired) electrons. The lowest BCUT2D eigenvalue weighted by atomic mass is 9.95. The molecule has 1 heterocycles. The molecule has 1 aliphatic carbocycles. The van der Waals surface area contributed by atoms with E-state index in [-0.39, 0.29) is 30.3 Å². The zero-order chi connectivity index (χ0) is 13.7. The number of hydrogen-bond acceptors (Lipinski definition) is 3. The Morgan fingerprint density at radius 1 is 1.42 bits per heavy atom. The van der Waals surface area contributed by atoms with Gasteiger partial charge in [-0.1, -0.05) is 12.2 Å². The van der Waals surface area contributed by atoms with Crippen molar-refractivity contribution in [1.29, 1.82) is 0 Å². The Morgan fingerprint density at radius 3 is 2.95 bits per heavy atom. The molecular formula is C14H21NO4. The minimum atomic E-state index is -0.786. The van der Waals surface area contributed by atoms with Crippen LogP contribution in [0.3, 0.4) is 0 Å². The van der Waals surface area contributed by atoms with Gasteiger partial charge in [-0.05, 0) is 31.6 Å². The number of carbonyl (C=O) groups is 2. The predicted molar refractivity (Wildman–Crippen MR) is 69.6 cm³/mol. The maximum absolute atomic E-state index is 11.9. The Labute approximate surface area is 113 Å². The van der Waals surface area contributed by atoms with Crippen LogP contribution in [0.5, 0.6) is 0 Å². The van der Waals surface area contributed by atoms with E-state index in [0.29, 0.717) is 19.6 Å². The molecule has 5 nitrogen and oxygen atoms in total. The van der Waals surface area contributed by atoms with Gasteiger partial charge in [0.25, 0.3) is 0 Å². The van der Waals surface area contributed by atoms with Gasteiger partial charge in [0.2, 0.25) is 5.91 Å². The average Bonchev–Trinajstić information content (AvgIpc) is 2.84. The molecule has 3 atom stereocenters. The predicted octanol–water partition coefficient (Wildman–Crippen LogP) is 1.34. The second-order valence-electron chi connectivity index (χ2n) is 5.37. The van der Waals surface area contributed by atoms with Crippen molar-refractivity contribution in [3.63, 3.8) is 0 Å². The minimum Gasteiger partial charge on any atom is -0.481 e. The van der Waals surface area contributed by atoms with Crippen LogP contribution in [0, 0.1) is 11.8 Å². The summed E-state index contributed by atoms with van der Waals surface area (Å²) in [5, 5.41) is 11.6. The second-order valence-corrected chi connectivity index (χ2v) is 5.37. The highest BCUT2D eigenvalue weighted by atomic mass is 16.5. The van der Waals surface area contributed by atoms with Gasteiger partial charge >= 0.3 is 5.97 Å². The second kappa shape index (κ2) is 6.70. The number of allylic oxidation sites excluding steroid dienone is 1. The molecule has 19 heavy (non-hydrogen) atoms. The molecule has 5 heteroatoms. The normalized spacial score (nSPS) is 30.2. The molecule has 1 aliphatic heterocycles. The molecule has 106 valence electrons. The Hall–Kier alpha value is -1.36. The van der Waals surface area contributed by atoms with Crippen LogP contribution in [0.4, 0.5) is 0 Å². The van der Waals surface area contributed by atoms with Crippen molar-refractivity contribution in [3.05, 3.63) is 12.2 Å². The molecule has 0 bridgehead atoms. The van der Waals surface area contributed by atoms with Crippen LogP contribution < -0.4 is 5.32 Å². The summed E-state index contributed by atoms with van der Waals surface area (Å²) >= 11 is 0. The SMILES string of the molecule is O=C(O)CC1COC(CNC(=O)C2C=CCCC2)C1. The van der Waals surface area contributed by atoms with E-state index in [2.05, 4.69) is 11.4 Å². The first-order valence-corrected chi connectivity index (χ1v) is 6.93. The molecule has 3 unspecified atom stereocenters. The van der Waals surface area contributed by atoms with Crippen molar-refractivity contribution in [3.8, 4) is 0 Å². The van der Waals surface area contributed by atoms with Gasteiger partial charge in [-0.25, -0.2) is 0 Å². The third-order valence-corrected chi connectivity index (χ3v) is 3.72. The lowest BCUT2D eigenvalue weighted by molar-refractivity contribution is -0.138. The van der Waals surface area contributed by atoms with Gasteiger partial charge in [0.05, 0.1) is 25.0 Å². The number of rotatable bonds is 5. The first-order chi connectivity index (χ1) is 9.15. The third kappa shape index (κ3) is 4.35. The van der Waals surface area contributed by atoms with Crippen LogP contribution in [0.2, 0.25) is 0 Å². The Morgan fingerprint density at radius 2 is 2.26 bits per heavy atom. The van der Waals surface area contributed by atoms with E-state index in [1.807, 2.05) is 6.08 Å². The summed E-state index contributed by atoms with van der Waals surface area (Å²) in [5.74, 6) is -0.661. The standard InChI is InChI=1S/C14H21NO4/c16-13(17)7-10-6-12(19-9-10)8-15-14(18)11-4-2-1-3-5-11/h2,4,10-12H,1,3,5-9H2,(H,15,18)(H,16,17). The average molecular weight is 267 g/mol. The summed E-state index contributed by atoms with van der Waals surface area (Å²) in [6.45, 7) is 0.968. The quantitative estimate of drug-likeness (QED) is 0.737. The molecule has 1 fully saturated rings. The van der Waals surface area contributed by atoms with Crippen molar-refractivity contribution in [1.82, 2.24) is 5.32 Å². The maximum atomic E-state index is 11.9. The fourth-order valence-electron chi connectivity index (χ4n) is 2.69. The van der Waals surface area contributed by atoms with E-state index in [4.69, 9.17) is 9.84 Å². The third-order valence-electron chi connectivity index (χ3n) is 3.72. The largest absolute Gasteiger partial charge is 0.481 e. The van der Waals surface area contributed by atoms with Crippen LogP contribution in [0.25, 0.3) is 0 Å². The van der Waals surface area contributed by atoms with E-state index in [9.17, 15) is 9.59 Å². The summed E-state index contributed by atoms with van der Waals surface area (Å²) in [6, 6.07) is 0. The van der Waals surface area contributed by atoms with Crippen LogP contribution >= 0.6 is 0 Å². The number of carboxylic acid groups (broad SMARTS) is 1. The van der Waals surface area contributed by atoms with Crippen LogP contribution in [-0.2, 0) is 14.3 Å². The van der Waals surface area contributed by atoms with Crippen LogP contribution in [-0.4, -0.2) is 36.2 Å². The first kappa shape index (κ1) is 14.1. The van der Waals surface area contributed by atoms with E-state index in [1.54, 1.807) is 0 Å². The van der Waals surface area contributed by atoms with Gasteiger partial charge in [0.15, 0.2) is 0 Å². The zero-order valence-corrected chi connectivity index (χ0v) is 11.0. The fraction of sp³-hybridized carbons (Fsp3) is 0.714. The highest BCUT2D eigenvalue weighted by Crippen LogP contribution is 2.22. The van der Waals surface area contributed by atoms with Crippen molar-refractivity contribution in [2.75, 3.05) is 13.2 Å². The van der Waals surface area contributed by atoms with Gasteiger partial charge in [-0.3, -0.25) is 9.59 Å². The van der Waals surface area contributed by atoms with Gasteiger partial charge in [0.1, 0.15) is 0 Å². The lowest BCUT2D eigenvalue weighted by Crippen LogP contribution is -2.36. The zero-order valence-electron chi connectivity index (χ0n) is 11.0. The molecule has 0 aromatic rings. The number of carboxylic acids is 1. The molecule has 0 aromatic carbocycles. The number of amides is 1. The Kier molecular flexibility index (Phi) is 4.96. The number of nitrogens with one attached hydrogen (secondary N) is 1. The smallest absolute Gasteiger partial charge is 0.303 e. The molecule has 0 saturated carbocycles. The van der Waals surface area contributed by atoms with Crippen LogP contribution in [0.15, 0.2) is 12.2 Å². The number of aliphatic carboxylic acids is 1. The van der Waals surface area contributed by atoms with E-state index in [1.165, 1.54) is 0 Å². The topological polar surface area (TPSA) is 75.6 Å². The minimum absolute atomic E-state index is 0.00929. The molecule has 0 aromatic heterocycles. The molecule has 1 amide bonds. The summed E-state index contributed by atoms with van der Waals surface area (Å²) in [5.41, 5.74) is 0. The molecule has 2 aliphatic rings. The van der Waals surface area contributed by atoms with E-state index >= 15 is 0 Å². The summed E-state index contributed by atoms with van der Waals surface area (Å²) < 4.78 is 5.51. The summed E-state index contributed by atoms with van der Waals surface area (Å²) in [4.78, 5) is 22.5. The molecule has 1 saturated heterocycles. The van der Waals surface area contributed by atoms with Crippen molar-refractivity contribution >= 4 is 11.9 Å². The van der Waals surface area contributed by atoms with Gasteiger partial charge < -0.3 is 15.2 Å². The first-order valence-electron chi connectivity index (χ1n) is 6.93. The fourth-order valence-corrected chi connectivity index (χ4v) is 2.69. The lowest BCUT2D eigenvalue weighted by Gasteiger charge is -2.17. The Balaban J connectivity index is 1.68. The van der Waals surface area contributed by atoms with Gasteiger partial charge in [0, 0.05) is 6.54 Å². The van der Waals surface area contributed by atoms with Gasteiger partial charge in [-0.2, -0.15) is 0 Å². The number of hydrogen-bond donors (Lipinski definition) is 2. The van der Waals surface area contributed by atoms with Crippen LogP contribution in [0.1, 0.15) is 32.1 Å².